The molecule has 0 bridgehead atoms. The van der Waals surface area contributed by atoms with Gasteiger partial charge in [0.2, 0.25) is 5.75 Å². The van der Waals surface area contributed by atoms with Crippen molar-refractivity contribution in [3.63, 3.8) is 0 Å². The second-order valence-corrected chi connectivity index (χ2v) is 7.28. The molecule has 0 aromatic heterocycles. The van der Waals surface area contributed by atoms with Crippen molar-refractivity contribution in [2.24, 2.45) is 0 Å². The lowest BCUT2D eigenvalue weighted by Crippen LogP contribution is -2.17. The molecule has 1 aliphatic rings. The van der Waals surface area contributed by atoms with Crippen LogP contribution in [-0.2, 0) is 9.59 Å². The summed E-state index contributed by atoms with van der Waals surface area (Å²) in [6, 6.07) is 9.63. The first kappa shape index (κ1) is 18.2. The summed E-state index contributed by atoms with van der Waals surface area (Å²) in [5.41, 5.74) is 0.805. The first-order chi connectivity index (χ1) is 12.3. The van der Waals surface area contributed by atoms with Crippen LogP contribution < -0.4 is 10.1 Å². The quantitative estimate of drug-likeness (QED) is 0.253. The Morgan fingerprint density at radius 3 is 2.77 bits per heavy atom. The first-order valence-corrected chi connectivity index (χ1v) is 8.92. The molecule has 2 aromatic rings. The molecule has 1 N–H and O–H groups in total. The second-order valence-electron chi connectivity index (χ2n) is 5.28. The largest absolute Gasteiger partial charge is 0.419 e. The van der Waals surface area contributed by atoms with Gasteiger partial charge in [0.25, 0.3) is 5.91 Å². The van der Waals surface area contributed by atoms with Gasteiger partial charge in [-0.1, -0.05) is 33.8 Å². The number of fused-ring (bicyclic) bond motifs is 1. The summed E-state index contributed by atoms with van der Waals surface area (Å²) in [6.45, 7) is 1.16. The Kier molecular flexibility index (Phi) is 5.10. The number of carbonyl (C=O) groups is 2. The van der Waals surface area contributed by atoms with E-state index in [4.69, 9.17) is 4.74 Å². The number of nitro groups is 1. The highest BCUT2D eigenvalue weighted by molar-refractivity contribution is 9.10. The molecule has 0 fully saturated rings. The lowest BCUT2D eigenvalue weighted by Gasteiger charge is -2.18. The van der Waals surface area contributed by atoms with E-state index in [9.17, 15) is 19.7 Å². The molecule has 1 amide bonds. The Morgan fingerprint density at radius 1 is 1.31 bits per heavy atom. The molecular weight excluding hydrogens is 424 g/mol. The molecular formula is C17H11BrN2O5S. The standard InChI is InChI=1S/C17H11BrN2O5S/c1-9(21)25-14-5-2-10(6-13(14)20(23)24)7-16-17(22)19-12-4-3-11(18)8-15(12)26-16/h2-8H,1H3,(H,19,22)/b16-7-. The first-order valence-electron chi connectivity index (χ1n) is 7.31. The van der Waals surface area contributed by atoms with Gasteiger partial charge in [0.05, 0.1) is 15.5 Å². The monoisotopic (exact) mass is 434 g/mol. The Balaban J connectivity index is 1.96. The van der Waals surface area contributed by atoms with E-state index in [0.717, 1.165) is 16.3 Å². The van der Waals surface area contributed by atoms with Crippen LogP contribution in [0.4, 0.5) is 11.4 Å². The number of halogens is 1. The number of thioether (sulfide) groups is 1. The smallest absolute Gasteiger partial charge is 0.312 e. The predicted molar refractivity (Wildman–Crippen MR) is 101 cm³/mol. The van der Waals surface area contributed by atoms with Crippen molar-refractivity contribution in [1.29, 1.82) is 0 Å². The zero-order valence-corrected chi connectivity index (χ0v) is 15.7. The Morgan fingerprint density at radius 2 is 2.08 bits per heavy atom. The Hall–Kier alpha value is -2.65. The molecule has 0 radical (unpaired) electrons. The maximum atomic E-state index is 12.3. The van der Waals surface area contributed by atoms with Gasteiger partial charge < -0.3 is 10.1 Å². The lowest BCUT2D eigenvalue weighted by atomic mass is 10.1. The molecule has 7 nitrogen and oxygen atoms in total. The summed E-state index contributed by atoms with van der Waals surface area (Å²) in [5, 5.41) is 14.0. The number of anilines is 1. The van der Waals surface area contributed by atoms with E-state index in [-0.39, 0.29) is 17.3 Å². The third-order valence-electron chi connectivity index (χ3n) is 3.37. The predicted octanol–water partition coefficient (Wildman–Crippen LogP) is 4.37. The van der Waals surface area contributed by atoms with Crippen LogP contribution in [0.2, 0.25) is 0 Å². The molecule has 2 aromatic carbocycles. The molecule has 0 unspecified atom stereocenters. The maximum Gasteiger partial charge on any atom is 0.312 e. The van der Waals surface area contributed by atoms with Gasteiger partial charge in [-0.2, -0.15) is 0 Å². The summed E-state index contributed by atoms with van der Waals surface area (Å²) >= 11 is 4.65. The summed E-state index contributed by atoms with van der Waals surface area (Å²) in [4.78, 5) is 35.2. The highest BCUT2D eigenvalue weighted by Crippen LogP contribution is 2.40. The number of carbonyl (C=O) groups excluding carboxylic acids is 2. The third kappa shape index (κ3) is 3.94. The number of nitrogens with one attached hydrogen (secondary N) is 1. The number of hydrogen-bond acceptors (Lipinski definition) is 6. The van der Waals surface area contributed by atoms with Gasteiger partial charge in [-0.15, -0.1) is 0 Å². The Labute approximate surface area is 160 Å². The van der Waals surface area contributed by atoms with Gasteiger partial charge in [-0.3, -0.25) is 19.7 Å². The second kappa shape index (κ2) is 7.30. The highest BCUT2D eigenvalue weighted by atomic mass is 79.9. The van der Waals surface area contributed by atoms with Gasteiger partial charge in [-0.25, -0.2) is 0 Å². The number of nitrogens with zero attached hydrogens (tertiary/aromatic N) is 1. The van der Waals surface area contributed by atoms with E-state index in [1.54, 1.807) is 18.2 Å². The normalized spacial score (nSPS) is 14.5. The number of ether oxygens (including phenoxy) is 1. The number of benzene rings is 2. The van der Waals surface area contributed by atoms with E-state index >= 15 is 0 Å². The van der Waals surface area contributed by atoms with Crippen LogP contribution >= 0.6 is 27.7 Å². The van der Waals surface area contributed by atoms with Gasteiger partial charge in [0, 0.05) is 22.4 Å². The van der Waals surface area contributed by atoms with Crippen LogP contribution in [0.5, 0.6) is 5.75 Å². The van der Waals surface area contributed by atoms with Gasteiger partial charge >= 0.3 is 11.7 Å². The minimum atomic E-state index is -0.649. The number of nitro benzene ring substituents is 1. The molecule has 0 atom stereocenters. The fourth-order valence-corrected chi connectivity index (χ4v) is 3.79. The number of esters is 1. The average molecular weight is 435 g/mol. The summed E-state index contributed by atoms with van der Waals surface area (Å²) < 4.78 is 5.72. The van der Waals surface area contributed by atoms with E-state index in [1.807, 2.05) is 12.1 Å². The van der Waals surface area contributed by atoms with E-state index < -0.39 is 10.9 Å². The van der Waals surface area contributed by atoms with Gasteiger partial charge in [0.1, 0.15) is 0 Å². The minimum Gasteiger partial charge on any atom is -0.419 e. The summed E-state index contributed by atoms with van der Waals surface area (Å²) in [5.74, 6) is -1.08. The van der Waals surface area contributed by atoms with Gasteiger partial charge in [-0.05, 0) is 35.9 Å². The summed E-state index contributed by atoms with van der Waals surface area (Å²) in [7, 11) is 0. The molecule has 0 spiro atoms. The van der Waals surface area contributed by atoms with Crippen LogP contribution in [0, 0.1) is 10.1 Å². The minimum absolute atomic E-state index is 0.139. The molecule has 0 saturated carbocycles. The van der Waals surface area contributed by atoms with Crippen molar-refractivity contribution < 1.29 is 19.2 Å². The molecule has 9 heteroatoms. The molecule has 132 valence electrons. The number of hydrogen-bond donors (Lipinski definition) is 1. The average Bonchev–Trinajstić information content (AvgIpc) is 2.56. The van der Waals surface area contributed by atoms with Crippen molar-refractivity contribution in [3.05, 3.63) is 61.5 Å². The molecule has 0 saturated heterocycles. The zero-order valence-electron chi connectivity index (χ0n) is 13.3. The van der Waals surface area contributed by atoms with Crippen LogP contribution in [-0.4, -0.2) is 16.8 Å². The lowest BCUT2D eigenvalue weighted by molar-refractivity contribution is -0.385. The van der Waals surface area contributed by atoms with Crippen LogP contribution in [0.1, 0.15) is 12.5 Å². The van der Waals surface area contributed by atoms with E-state index in [0.29, 0.717) is 16.2 Å². The zero-order chi connectivity index (χ0) is 18.8. The van der Waals surface area contributed by atoms with Crippen LogP contribution in [0.15, 0.2) is 50.7 Å². The van der Waals surface area contributed by atoms with Crippen molar-refractivity contribution in [3.8, 4) is 5.75 Å². The van der Waals surface area contributed by atoms with E-state index in [1.165, 1.54) is 23.9 Å². The van der Waals surface area contributed by atoms with Crippen LogP contribution in [0.25, 0.3) is 6.08 Å². The molecule has 1 heterocycles. The van der Waals surface area contributed by atoms with Crippen molar-refractivity contribution in [1.82, 2.24) is 0 Å². The molecule has 0 aliphatic carbocycles. The van der Waals surface area contributed by atoms with E-state index in [2.05, 4.69) is 21.2 Å². The van der Waals surface area contributed by atoms with Crippen molar-refractivity contribution in [2.75, 3.05) is 5.32 Å². The molecule has 1 aliphatic heterocycles. The summed E-state index contributed by atoms with van der Waals surface area (Å²) in [6.07, 6.45) is 1.55. The third-order valence-corrected chi connectivity index (χ3v) is 4.94. The number of amides is 1. The topological polar surface area (TPSA) is 98.5 Å². The molecule has 3 rings (SSSR count). The van der Waals surface area contributed by atoms with Crippen molar-refractivity contribution in [2.45, 2.75) is 11.8 Å². The fourth-order valence-electron chi connectivity index (χ4n) is 2.29. The van der Waals surface area contributed by atoms with Gasteiger partial charge in [0.15, 0.2) is 0 Å². The molecule has 26 heavy (non-hydrogen) atoms. The number of rotatable bonds is 3. The Bertz CT molecular complexity index is 974. The van der Waals surface area contributed by atoms with Crippen LogP contribution in [0.3, 0.4) is 0 Å². The fraction of sp³-hybridized carbons (Fsp3) is 0.0588. The maximum absolute atomic E-state index is 12.3. The SMILES string of the molecule is CC(=O)Oc1ccc(/C=C2\Sc3cc(Br)ccc3NC2=O)cc1[N+](=O)[O-]. The van der Waals surface area contributed by atoms with Crippen molar-refractivity contribution >= 4 is 57.0 Å². The highest BCUT2D eigenvalue weighted by Gasteiger charge is 2.22.